The molecule has 0 aliphatic carbocycles. The van der Waals surface area contributed by atoms with Crippen molar-refractivity contribution in [2.24, 2.45) is 11.3 Å². The van der Waals surface area contributed by atoms with Crippen LogP contribution in [0.4, 0.5) is 0 Å². The number of nitrogens with one attached hydrogen (secondary N) is 1. The molecule has 1 heterocycles. The number of hydrogen-bond acceptors (Lipinski definition) is 4. The molecule has 1 unspecified atom stereocenters. The highest BCUT2D eigenvalue weighted by molar-refractivity contribution is 4.78. The first-order valence-corrected chi connectivity index (χ1v) is 5.70. The van der Waals surface area contributed by atoms with E-state index in [-0.39, 0.29) is 18.6 Å². The standard InChI is InChI=1S/C11H24N2O2/c1-11(8-14,9-15)7-12-5-10-3-4-13(2)6-10/h10,12,14-15H,3-9H2,1-2H3. The Kier molecular flexibility index (Phi) is 4.99. The SMILES string of the molecule is CN1CCC(CNCC(C)(CO)CO)C1. The first kappa shape index (κ1) is 12.9. The summed E-state index contributed by atoms with van der Waals surface area (Å²) < 4.78 is 0. The minimum atomic E-state index is -0.384. The van der Waals surface area contributed by atoms with Gasteiger partial charge in [0.1, 0.15) is 0 Å². The first-order valence-electron chi connectivity index (χ1n) is 5.70. The van der Waals surface area contributed by atoms with Crippen LogP contribution in [-0.2, 0) is 0 Å². The number of likely N-dealkylation sites (tertiary alicyclic amines) is 1. The number of rotatable bonds is 6. The molecule has 0 amide bonds. The zero-order valence-corrected chi connectivity index (χ0v) is 9.87. The van der Waals surface area contributed by atoms with Crippen LogP contribution in [-0.4, -0.2) is 61.6 Å². The second-order valence-corrected chi connectivity index (χ2v) is 5.17. The van der Waals surface area contributed by atoms with Gasteiger partial charge in [-0.15, -0.1) is 0 Å². The van der Waals surface area contributed by atoms with Gasteiger partial charge >= 0.3 is 0 Å². The minimum Gasteiger partial charge on any atom is -0.396 e. The largest absolute Gasteiger partial charge is 0.396 e. The van der Waals surface area contributed by atoms with Crippen LogP contribution in [0.25, 0.3) is 0 Å². The van der Waals surface area contributed by atoms with Crippen molar-refractivity contribution in [3.8, 4) is 0 Å². The van der Waals surface area contributed by atoms with Gasteiger partial charge in [-0.3, -0.25) is 0 Å². The van der Waals surface area contributed by atoms with Crippen molar-refractivity contribution in [2.75, 3.05) is 46.4 Å². The Labute approximate surface area is 92.3 Å². The molecule has 0 aromatic carbocycles. The monoisotopic (exact) mass is 216 g/mol. The van der Waals surface area contributed by atoms with Gasteiger partial charge in [0.2, 0.25) is 0 Å². The predicted molar refractivity (Wildman–Crippen MR) is 60.8 cm³/mol. The number of aliphatic hydroxyl groups is 2. The molecule has 0 radical (unpaired) electrons. The predicted octanol–water partition coefficient (Wildman–Crippen LogP) is -0.481. The Bertz CT molecular complexity index is 183. The summed E-state index contributed by atoms with van der Waals surface area (Å²) in [4.78, 5) is 2.34. The maximum absolute atomic E-state index is 9.11. The molecule has 1 fully saturated rings. The molecule has 90 valence electrons. The van der Waals surface area contributed by atoms with Gasteiger partial charge in [0, 0.05) is 18.5 Å². The normalized spacial score (nSPS) is 23.6. The zero-order valence-electron chi connectivity index (χ0n) is 9.87. The van der Waals surface area contributed by atoms with E-state index in [0.29, 0.717) is 6.54 Å². The fraction of sp³-hybridized carbons (Fsp3) is 1.00. The Morgan fingerprint density at radius 3 is 2.53 bits per heavy atom. The van der Waals surface area contributed by atoms with Crippen molar-refractivity contribution >= 4 is 0 Å². The lowest BCUT2D eigenvalue weighted by Crippen LogP contribution is -2.39. The third kappa shape index (κ3) is 4.07. The average molecular weight is 216 g/mol. The average Bonchev–Trinajstić information content (AvgIpc) is 2.64. The third-order valence-corrected chi connectivity index (χ3v) is 3.24. The highest BCUT2D eigenvalue weighted by Crippen LogP contribution is 2.15. The van der Waals surface area contributed by atoms with Gasteiger partial charge in [0.25, 0.3) is 0 Å². The van der Waals surface area contributed by atoms with E-state index in [1.807, 2.05) is 6.92 Å². The molecule has 1 rings (SSSR count). The summed E-state index contributed by atoms with van der Waals surface area (Å²) in [6.45, 7) is 5.95. The van der Waals surface area contributed by atoms with Crippen LogP contribution >= 0.6 is 0 Å². The highest BCUT2D eigenvalue weighted by Gasteiger charge is 2.23. The molecule has 0 saturated carbocycles. The van der Waals surface area contributed by atoms with E-state index in [2.05, 4.69) is 17.3 Å². The van der Waals surface area contributed by atoms with E-state index in [0.717, 1.165) is 19.0 Å². The molecule has 3 N–H and O–H groups in total. The van der Waals surface area contributed by atoms with Crippen LogP contribution in [0.2, 0.25) is 0 Å². The van der Waals surface area contributed by atoms with Crippen molar-refractivity contribution in [3.05, 3.63) is 0 Å². The number of hydrogen-bond donors (Lipinski definition) is 3. The smallest absolute Gasteiger partial charge is 0.0518 e. The molecule has 1 saturated heterocycles. The van der Waals surface area contributed by atoms with E-state index in [1.54, 1.807) is 0 Å². The minimum absolute atomic E-state index is 0.0288. The quantitative estimate of drug-likeness (QED) is 0.561. The lowest BCUT2D eigenvalue weighted by molar-refractivity contribution is 0.0691. The molecule has 1 aliphatic heterocycles. The summed E-state index contributed by atoms with van der Waals surface area (Å²) in [5.74, 6) is 0.719. The lowest BCUT2D eigenvalue weighted by Gasteiger charge is -2.25. The fourth-order valence-electron chi connectivity index (χ4n) is 1.93. The second-order valence-electron chi connectivity index (χ2n) is 5.17. The van der Waals surface area contributed by atoms with Crippen molar-refractivity contribution in [2.45, 2.75) is 13.3 Å². The Balaban J connectivity index is 2.15. The van der Waals surface area contributed by atoms with E-state index < -0.39 is 0 Å². The molecule has 0 aromatic rings. The molecule has 1 atom stereocenters. The van der Waals surface area contributed by atoms with E-state index in [9.17, 15) is 0 Å². The molecule has 4 nitrogen and oxygen atoms in total. The Morgan fingerprint density at radius 2 is 2.07 bits per heavy atom. The van der Waals surface area contributed by atoms with Crippen molar-refractivity contribution in [3.63, 3.8) is 0 Å². The third-order valence-electron chi connectivity index (χ3n) is 3.24. The molecule has 1 aliphatic rings. The van der Waals surface area contributed by atoms with Gasteiger partial charge in [-0.1, -0.05) is 6.92 Å². The van der Waals surface area contributed by atoms with Crippen molar-refractivity contribution < 1.29 is 10.2 Å². The van der Waals surface area contributed by atoms with Gasteiger partial charge in [0.05, 0.1) is 13.2 Å². The Hall–Kier alpha value is -0.160. The fourth-order valence-corrected chi connectivity index (χ4v) is 1.93. The van der Waals surface area contributed by atoms with E-state index in [1.165, 1.54) is 13.0 Å². The Morgan fingerprint density at radius 1 is 1.40 bits per heavy atom. The van der Waals surface area contributed by atoms with Gasteiger partial charge in [-0.25, -0.2) is 0 Å². The van der Waals surface area contributed by atoms with Crippen molar-refractivity contribution in [1.82, 2.24) is 10.2 Å². The zero-order chi connectivity index (χ0) is 11.3. The summed E-state index contributed by atoms with van der Waals surface area (Å²) in [5.41, 5.74) is -0.384. The molecule has 0 aromatic heterocycles. The molecular weight excluding hydrogens is 192 g/mol. The number of aliphatic hydroxyl groups excluding tert-OH is 2. The van der Waals surface area contributed by atoms with Crippen molar-refractivity contribution in [1.29, 1.82) is 0 Å². The second kappa shape index (κ2) is 5.80. The first-order chi connectivity index (χ1) is 7.09. The summed E-state index contributed by atoms with van der Waals surface area (Å²) >= 11 is 0. The molecule has 0 spiro atoms. The van der Waals surface area contributed by atoms with Gasteiger partial charge in [-0.05, 0) is 32.5 Å². The molecule has 15 heavy (non-hydrogen) atoms. The molecule has 0 bridgehead atoms. The topological polar surface area (TPSA) is 55.7 Å². The highest BCUT2D eigenvalue weighted by atomic mass is 16.3. The van der Waals surface area contributed by atoms with Crippen LogP contribution in [0.1, 0.15) is 13.3 Å². The van der Waals surface area contributed by atoms with E-state index >= 15 is 0 Å². The van der Waals surface area contributed by atoms with Crippen LogP contribution < -0.4 is 5.32 Å². The van der Waals surface area contributed by atoms with Gasteiger partial charge in [-0.2, -0.15) is 0 Å². The maximum Gasteiger partial charge on any atom is 0.0518 e. The van der Waals surface area contributed by atoms with Crippen LogP contribution in [0, 0.1) is 11.3 Å². The van der Waals surface area contributed by atoms with Gasteiger partial charge < -0.3 is 20.4 Å². The lowest BCUT2D eigenvalue weighted by atomic mass is 9.93. The summed E-state index contributed by atoms with van der Waals surface area (Å²) in [7, 11) is 2.14. The summed E-state index contributed by atoms with van der Waals surface area (Å²) in [6, 6.07) is 0. The van der Waals surface area contributed by atoms with Gasteiger partial charge in [0.15, 0.2) is 0 Å². The number of nitrogens with zero attached hydrogens (tertiary/aromatic N) is 1. The van der Waals surface area contributed by atoms with E-state index in [4.69, 9.17) is 10.2 Å². The summed E-state index contributed by atoms with van der Waals surface area (Å²) in [6.07, 6.45) is 1.25. The van der Waals surface area contributed by atoms with Crippen LogP contribution in [0.3, 0.4) is 0 Å². The van der Waals surface area contributed by atoms with Crippen LogP contribution in [0.5, 0.6) is 0 Å². The summed E-state index contributed by atoms with van der Waals surface area (Å²) in [5, 5.41) is 21.6. The van der Waals surface area contributed by atoms with Crippen LogP contribution in [0.15, 0.2) is 0 Å². The molecular formula is C11H24N2O2. The molecule has 4 heteroatoms. The maximum atomic E-state index is 9.11.